The molecule has 0 unspecified atom stereocenters. The third kappa shape index (κ3) is 4.67. The van der Waals surface area contributed by atoms with Crippen LogP contribution in [0.2, 0.25) is 0 Å². The normalized spacial score (nSPS) is 11.9. The Morgan fingerprint density at radius 2 is 1.49 bits per heavy atom. The molecule has 0 saturated heterocycles. The molecule has 3 heterocycles. The summed E-state index contributed by atoms with van der Waals surface area (Å²) >= 11 is 0. The van der Waals surface area contributed by atoms with Crippen molar-refractivity contribution in [1.82, 2.24) is 14.5 Å². The summed E-state index contributed by atoms with van der Waals surface area (Å²) in [7, 11) is 0. The minimum Gasteiger partial charge on any atom is -0.506 e. The van der Waals surface area contributed by atoms with Crippen molar-refractivity contribution >= 4 is 32.7 Å². The molecule has 7 rings (SSSR count). The molecule has 5 nitrogen and oxygen atoms in total. The highest BCUT2D eigenvalue weighted by Gasteiger charge is 2.24. The van der Waals surface area contributed by atoms with Crippen LogP contribution in [0.3, 0.4) is 0 Å². The zero-order valence-electron chi connectivity index (χ0n) is 25.0. The van der Waals surface area contributed by atoms with E-state index in [4.69, 9.17) is 14.7 Å². The van der Waals surface area contributed by atoms with Gasteiger partial charge < -0.3 is 9.84 Å². The minimum absolute atomic E-state index is 0.118. The first kappa shape index (κ1) is 26.7. The van der Waals surface area contributed by atoms with E-state index < -0.39 is 0 Å². The number of pyridine rings is 2. The fourth-order valence-corrected chi connectivity index (χ4v) is 6.13. The summed E-state index contributed by atoms with van der Waals surface area (Å²) in [5.41, 5.74) is 7.84. The number of fused-ring (bicyclic) bond motifs is 4. The van der Waals surface area contributed by atoms with Crippen molar-refractivity contribution < 1.29 is 9.84 Å². The Morgan fingerprint density at radius 1 is 0.721 bits per heavy atom. The number of para-hydroxylation sites is 1. The molecule has 3 aromatic heterocycles. The Labute approximate surface area is 251 Å². The molecule has 0 saturated carbocycles. The Morgan fingerprint density at radius 3 is 2.26 bits per heavy atom. The molecular weight excluding hydrogens is 530 g/mol. The summed E-state index contributed by atoms with van der Waals surface area (Å²) in [6.07, 6.45) is 0. The molecular formula is C38H33N3O2. The molecule has 0 spiro atoms. The highest BCUT2D eigenvalue weighted by atomic mass is 16.5. The van der Waals surface area contributed by atoms with Gasteiger partial charge in [-0.15, -0.1) is 0 Å². The maximum Gasteiger partial charge on any atom is 0.219 e. The van der Waals surface area contributed by atoms with Gasteiger partial charge in [-0.3, -0.25) is 4.57 Å². The lowest BCUT2D eigenvalue weighted by Crippen LogP contribution is -2.12. The van der Waals surface area contributed by atoms with E-state index in [1.807, 2.05) is 43.3 Å². The largest absolute Gasteiger partial charge is 0.506 e. The molecule has 0 aliphatic rings. The Bertz CT molecular complexity index is 2150. The predicted octanol–water partition coefficient (Wildman–Crippen LogP) is 9.81. The SMILES string of the molecule is Cc1cc(C)nc(-n2c3ccccc3c3c(C(C)(C)C)cc(Oc4ccc5c(-c6ccccc6)ccc(O)c5n4)cc32)c1. The van der Waals surface area contributed by atoms with Crippen molar-refractivity contribution in [1.29, 1.82) is 0 Å². The number of hydrogen-bond donors (Lipinski definition) is 1. The van der Waals surface area contributed by atoms with Crippen LogP contribution >= 0.6 is 0 Å². The molecule has 0 aliphatic heterocycles. The summed E-state index contributed by atoms with van der Waals surface area (Å²) in [4.78, 5) is 9.72. The molecule has 7 aromatic rings. The monoisotopic (exact) mass is 563 g/mol. The topological polar surface area (TPSA) is 60.2 Å². The smallest absolute Gasteiger partial charge is 0.219 e. The first-order chi connectivity index (χ1) is 20.7. The van der Waals surface area contributed by atoms with E-state index in [-0.39, 0.29) is 11.2 Å². The zero-order chi connectivity index (χ0) is 29.9. The van der Waals surface area contributed by atoms with Crippen molar-refractivity contribution in [3.8, 4) is 34.3 Å². The number of ether oxygens (including phenoxy) is 1. The van der Waals surface area contributed by atoms with Crippen LogP contribution in [0.4, 0.5) is 0 Å². The van der Waals surface area contributed by atoms with E-state index in [0.717, 1.165) is 44.6 Å². The van der Waals surface area contributed by atoms with Crippen LogP contribution in [-0.4, -0.2) is 19.6 Å². The van der Waals surface area contributed by atoms with Crippen molar-refractivity contribution in [3.05, 3.63) is 120 Å². The van der Waals surface area contributed by atoms with E-state index in [0.29, 0.717) is 17.1 Å². The first-order valence-corrected chi connectivity index (χ1v) is 14.6. The van der Waals surface area contributed by atoms with Gasteiger partial charge in [0.1, 0.15) is 22.8 Å². The van der Waals surface area contributed by atoms with Crippen LogP contribution in [0.15, 0.2) is 103 Å². The van der Waals surface area contributed by atoms with E-state index in [1.165, 1.54) is 16.3 Å². The van der Waals surface area contributed by atoms with Gasteiger partial charge in [-0.2, -0.15) is 0 Å². The van der Waals surface area contributed by atoms with Crippen LogP contribution in [0.25, 0.3) is 49.7 Å². The first-order valence-electron chi connectivity index (χ1n) is 14.6. The van der Waals surface area contributed by atoms with Gasteiger partial charge in [0, 0.05) is 34.0 Å². The maximum atomic E-state index is 10.8. The van der Waals surface area contributed by atoms with Crippen molar-refractivity contribution in [3.63, 3.8) is 0 Å². The van der Waals surface area contributed by atoms with E-state index >= 15 is 0 Å². The number of phenols is 1. The van der Waals surface area contributed by atoms with E-state index in [9.17, 15) is 5.11 Å². The van der Waals surface area contributed by atoms with Crippen LogP contribution < -0.4 is 4.74 Å². The van der Waals surface area contributed by atoms with Crippen molar-refractivity contribution in [2.24, 2.45) is 0 Å². The predicted molar refractivity (Wildman–Crippen MR) is 176 cm³/mol. The molecule has 0 fully saturated rings. The molecule has 4 aromatic carbocycles. The van der Waals surface area contributed by atoms with Gasteiger partial charge >= 0.3 is 0 Å². The van der Waals surface area contributed by atoms with Crippen molar-refractivity contribution in [2.75, 3.05) is 0 Å². The second-order valence-electron chi connectivity index (χ2n) is 12.3. The third-order valence-electron chi connectivity index (χ3n) is 7.99. The highest BCUT2D eigenvalue weighted by Crippen LogP contribution is 2.42. The number of rotatable bonds is 4. The van der Waals surface area contributed by atoms with Crippen LogP contribution in [0, 0.1) is 13.8 Å². The highest BCUT2D eigenvalue weighted by molar-refractivity contribution is 6.11. The lowest BCUT2D eigenvalue weighted by Gasteiger charge is -2.22. The number of aromatic nitrogens is 3. The Hall–Kier alpha value is -5.16. The number of hydrogen-bond acceptors (Lipinski definition) is 4. The Balaban J connectivity index is 1.43. The average molecular weight is 564 g/mol. The van der Waals surface area contributed by atoms with Crippen LogP contribution in [0.5, 0.6) is 17.4 Å². The quantitative estimate of drug-likeness (QED) is 0.232. The summed E-state index contributed by atoms with van der Waals surface area (Å²) in [5, 5.41) is 14.0. The zero-order valence-corrected chi connectivity index (χ0v) is 25.0. The average Bonchev–Trinajstić information content (AvgIpc) is 3.31. The van der Waals surface area contributed by atoms with Gasteiger partial charge in [-0.05, 0) is 84.0 Å². The number of aromatic hydroxyl groups is 1. The van der Waals surface area contributed by atoms with Gasteiger partial charge in [0.2, 0.25) is 5.88 Å². The second kappa shape index (κ2) is 9.99. The molecule has 0 aliphatic carbocycles. The summed E-state index contributed by atoms with van der Waals surface area (Å²) < 4.78 is 8.74. The molecule has 43 heavy (non-hydrogen) atoms. The molecule has 212 valence electrons. The van der Waals surface area contributed by atoms with Gasteiger partial charge in [0.15, 0.2) is 0 Å². The van der Waals surface area contributed by atoms with Gasteiger partial charge in [-0.25, -0.2) is 9.97 Å². The molecule has 0 radical (unpaired) electrons. The summed E-state index contributed by atoms with van der Waals surface area (Å²) in [6, 6.07) is 34.5. The molecule has 0 atom stereocenters. The number of nitrogens with zero attached hydrogens (tertiary/aromatic N) is 3. The van der Waals surface area contributed by atoms with E-state index in [2.05, 4.69) is 92.9 Å². The standard InChI is InChI=1S/C38H33N3O2/c1-23-19-24(2)39-34(20-23)41-31-14-10-9-13-29(31)36-30(38(3,4)5)21-26(22-32(36)41)43-35-18-16-28-27(25-11-7-6-8-12-25)15-17-33(42)37(28)40-35/h6-22,42H,1-5H3. The Kier molecular flexibility index (Phi) is 6.21. The van der Waals surface area contributed by atoms with Gasteiger partial charge in [0.05, 0.1) is 11.0 Å². The molecule has 1 N–H and O–H groups in total. The third-order valence-corrected chi connectivity index (χ3v) is 7.99. The fourth-order valence-electron chi connectivity index (χ4n) is 6.13. The van der Waals surface area contributed by atoms with Crippen LogP contribution in [-0.2, 0) is 5.41 Å². The second-order valence-corrected chi connectivity index (χ2v) is 12.3. The molecule has 0 bridgehead atoms. The summed E-state index contributed by atoms with van der Waals surface area (Å²) in [6.45, 7) is 10.8. The van der Waals surface area contributed by atoms with Gasteiger partial charge in [0.25, 0.3) is 0 Å². The number of benzene rings is 4. The number of phenolic OH excluding ortho intramolecular Hbond substituents is 1. The molecule has 0 amide bonds. The number of aryl methyl sites for hydroxylation is 2. The van der Waals surface area contributed by atoms with Crippen molar-refractivity contribution in [2.45, 2.75) is 40.0 Å². The lowest BCUT2D eigenvalue weighted by atomic mass is 9.84. The fraction of sp³-hybridized carbons (Fsp3) is 0.158. The van der Waals surface area contributed by atoms with E-state index in [1.54, 1.807) is 6.07 Å². The minimum atomic E-state index is -0.164. The molecule has 5 heteroatoms. The van der Waals surface area contributed by atoms with Crippen LogP contribution in [0.1, 0.15) is 37.6 Å². The van der Waals surface area contributed by atoms with Gasteiger partial charge in [-0.1, -0.05) is 69.3 Å². The maximum absolute atomic E-state index is 10.8. The summed E-state index contributed by atoms with van der Waals surface area (Å²) in [5.74, 6) is 2.09. The lowest BCUT2D eigenvalue weighted by molar-refractivity contribution is 0.458.